The Kier molecular flexibility index (Phi) is 5.57. The molecule has 0 aliphatic heterocycles. The normalized spacial score (nSPS) is 10.9. The largest absolute Gasteiger partial charge is 0.497 e. The second-order valence-electron chi connectivity index (χ2n) is 7.36. The summed E-state index contributed by atoms with van der Waals surface area (Å²) in [6.45, 7) is 4.30. The van der Waals surface area contributed by atoms with Gasteiger partial charge in [0, 0.05) is 22.9 Å². The Bertz CT molecular complexity index is 1240. The highest BCUT2D eigenvalue weighted by Crippen LogP contribution is 2.30. The maximum absolute atomic E-state index is 12.8. The zero-order valence-corrected chi connectivity index (χ0v) is 17.4. The summed E-state index contributed by atoms with van der Waals surface area (Å²) in [5, 5.41) is 0.937. The minimum atomic E-state index is -0.295. The molecule has 0 saturated carbocycles. The maximum Gasteiger partial charge on any atom is 0.340 e. The number of benzene rings is 3. The van der Waals surface area contributed by atoms with Crippen molar-refractivity contribution in [3.05, 3.63) is 105 Å². The smallest absolute Gasteiger partial charge is 0.340 e. The number of aryl methyl sites for hydroxylation is 2. The molecule has 0 N–H and O–H groups in total. The molecule has 0 atom stereocenters. The van der Waals surface area contributed by atoms with Gasteiger partial charge in [0.05, 0.1) is 7.11 Å². The lowest BCUT2D eigenvalue weighted by Gasteiger charge is -2.14. The second-order valence-corrected chi connectivity index (χ2v) is 7.36. The molecule has 0 radical (unpaired) electrons. The lowest BCUT2D eigenvalue weighted by Crippen LogP contribution is -2.11. The summed E-state index contributed by atoms with van der Waals surface area (Å²) in [6, 6.07) is 21.6. The first-order chi connectivity index (χ1) is 14.6. The van der Waals surface area contributed by atoms with E-state index in [4.69, 9.17) is 13.9 Å². The van der Waals surface area contributed by atoms with Crippen molar-refractivity contribution in [3.63, 3.8) is 0 Å². The highest BCUT2D eigenvalue weighted by molar-refractivity contribution is 5.85. The Labute approximate surface area is 175 Å². The number of rotatable bonds is 6. The molecule has 4 rings (SSSR count). The molecule has 30 heavy (non-hydrogen) atoms. The molecule has 3 aromatic carbocycles. The fourth-order valence-electron chi connectivity index (χ4n) is 3.65. The van der Waals surface area contributed by atoms with Crippen molar-refractivity contribution < 1.29 is 13.9 Å². The molecule has 4 nitrogen and oxygen atoms in total. The summed E-state index contributed by atoms with van der Waals surface area (Å²) in [7, 11) is 1.64. The number of hydrogen-bond acceptors (Lipinski definition) is 4. The van der Waals surface area contributed by atoms with Gasteiger partial charge < -0.3 is 13.9 Å². The van der Waals surface area contributed by atoms with Gasteiger partial charge in [-0.1, -0.05) is 42.5 Å². The van der Waals surface area contributed by atoms with Gasteiger partial charge in [-0.25, -0.2) is 4.79 Å². The molecule has 0 aliphatic carbocycles. The Morgan fingerprint density at radius 2 is 1.63 bits per heavy atom. The summed E-state index contributed by atoms with van der Waals surface area (Å²) < 4.78 is 17.0. The van der Waals surface area contributed by atoms with Crippen LogP contribution in [0.1, 0.15) is 27.8 Å². The van der Waals surface area contributed by atoms with Crippen LogP contribution in [0, 0.1) is 13.8 Å². The van der Waals surface area contributed by atoms with Crippen LogP contribution in [0.25, 0.3) is 11.0 Å². The fraction of sp³-hybridized carbons (Fsp3) is 0.192. The first-order valence-corrected chi connectivity index (χ1v) is 9.92. The van der Waals surface area contributed by atoms with Gasteiger partial charge in [-0.05, 0) is 54.8 Å². The number of ether oxygens (including phenoxy) is 2. The minimum Gasteiger partial charge on any atom is -0.497 e. The van der Waals surface area contributed by atoms with Gasteiger partial charge in [-0.2, -0.15) is 0 Å². The topological polar surface area (TPSA) is 48.7 Å². The van der Waals surface area contributed by atoms with Gasteiger partial charge >= 0.3 is 5.63 Å². The molecule has 1 aromatic heterocycles. The van der Waals surface area contributed by atoms with Crippen LogP contribution in [0.5, 0.6) is 11.5 Å². The van der Waals surface area contributed by atoms with E-state index in [2.05, 4.69) is 0 Å². The molecule has 152 valence electrons. The lowest BCUT2D eigenvalue weighted by molar-refractivity contribution is 0.303. The lowest BCUT2D eigenvalue weighted by atomic mass is 9.98. The quantitative estimate of drug-likeness (QED) is 0.396. The van der Waals surface area contributed by atoms with Crippen molar-refractivity contribution in [1.82, 2.24) is 0 Å². The van der Waals surface area contributed by atoms with Gasteiger partial charge in [0.25, 0.3) is 0 Å². The molecule has 0 spiro atoms. The zero-order chi connectivity index (χ0) is 21.1. The van der Waals surface area contributed by atoms with Crippen LogP contribution < -0.4 is 15.1 Å². The van der Waals surface area contributed by atoms with E-state index in [0.717, 1.165) is 33.4 Å². The standard InChI is InChI=1S/C26H24O4/c1-17-22-12-13-24(29-16-20-10-7-11-21(14-20)28-3)18(2)25(22)30-26(27)23(17)15-19-8-5-4-6-9-19/h4-14H,15-16H2,1-3H3. The van der Waals surface area contributed by atoms with Crippen LogP contribution >= 0.6 is 0 Å². The summed E-state index contributed by atoms with van der Waals surface area (Å²) in [6.07, 6.45) is 0.554. The number of methoxy groups -OCH3 is 1. The van der Waals surface area contributed by atoms with Gasteiger partial charge in [0.1, 0.15) is 23.7 Å². The molecule has 0 fully saturated rings. The average Bonchev–Trinajstić information content (AvgIpc) is 2.77. The molecule has 0 saturated heterocycles. The van der Waals surface area contributed by atoms with Crippen molar-refractivity contribution >= 4 is 11.0 Å². The molecule has 4 heteroatoms. The van der Waals surface area contributed by atoms with Crippen molar-refractivity contribution in [1.29, 1.82) is 0 Å². The molecule has 4 aromatic rings. The minimum absolute atomic E-state index is 0.295. The van der Waals surface area contributed by atoms with Crippen molar-refractivity contribution in [2.24, 2.45) is 0 Å². The van der Waals surface area contributed by atoms with E-state index in [-0.39, 0.29) is 5.63 Å². The Morgan fingerprint density at radius 1 is 0.867 bits per heavy atom. The monoisotopic (exact) mass is 400 g/mol. The van der Waals surface area contributed by atoms with Gasteiger partial charge in [0.15, 0.2) is 0 Å². The summed E-state index contributed by atoms with van der Waals surface area (Å²) in [5.74, 6) is 1.49. The molecular weight excluding hydrogens is 376 g/mol. The Morgan fingerprint density at radius 3 is 2.40 bits per heavy atom. The van der Waals surface area contributed by atoms with Crippen molar-refractivity contribution in [2.45, 2.75) is 26.9 Å². The second kappa shape index (κ2) is 8.46. The van der Waals surface area contributed by atoms with Crippen LogP contribution in [-0.4, -0.2) is 7.11 Å². The summed E-state index contributed by atoms with van der Waals surface area (Å²) >= 11 is 0. The SMILES string of the molecule is COc1cccc(COc2ccc3c(C)c(Cc4ccccc4)c(=O)oc3c2C)c1. The van der Waals surface area contributed by atoms with Crippen LogP contribution in [-0.2, 0) is 13.0 Å². The van der Waals surface area contributed by atoms with Crippen LogP contribution in [0.3, 0.4) is 0 Å². The van der Waals surface area contributed by atoms with E-state index < -0.39 is 0 Å². The van der Waals surface area contributed by atoms with Gasteiger partial charge in [0.2, 0.25) is 0 Å². The molecular formula is C26H24O4. The van der Waals surface area contributed by atoms with Gasteiger partial charge in [-0.15, -0.1) is 0 Å². The fourth-order valence-corrected chi connectivity index (χ4v) is 3.65. The third-order valence-electron chi connectivity index (χ3n) is 5.41. The molecule has 0 amide bonds. The zero-order valence-electron chi connectivity index (χ0n) is 17.4. The number of hydrogen-bond donors (Lipinski definition) is 0. The van der Waals surface area contributed by atoms with E-state index in [0.29, 0.717) is 29.9 Å². The van der Waals surface area contributed by atoms with Crippen LogP contribution in [0.2, 0.25) is 0 Å². The van der Waals surface area contributed by atoms with E-state index in [1.807, 2.05) is 80.6 Å². The Balaban J connectivity index is 1.65. The molecule has 0 unspecified atom stereocenters. The molecule has 0 aliphatic rings. The average molecular weight is 400 g/mol. The number of fused-ring (bicyclic) bond motifs is 1. The van der Waals surface area contributed by atoms with Crippen molar-refractivity contribution in [2.75, 3.05) is 7.11 Å². The molecule has 0 bridgehead atoms. The van der Waals surface area contributed by atoms with E-state index >= 15 is 0 Å². The van der Waals surface area contributed by atoms with E-state index in [1.54, 1.807) is 7.11 Å². The highest BCUT2D eigenvalue weighted by atomic mass is 16.5. The third kappa shape index (κ3) is 3.94. The third-order valence-corrected chi connectivity index (χ3v) is 5.41. The maximum atomic E-state index is 12.8. The summed E-state index contributed by atoms with van der Waals surface area (Å²) in [5.41, 5.74) is 4.84. The predicted octanol–water partition coefficient (Wildman–Crippen LogP) is 5.59. The first kappa shape index (κ1) is 19.8. The Hall–Kier alpha value is -3.53. The van der Waals surface area contributed by atoms with Crippen LogP contribution in [0.4, 0.5) is 0 Å². The van der Waals surface area contributed by atoms with Crippen molar-refractivity contribution in [3.8, 4) is 11.5 Å². The first-order valence-electron chi connectivity index (χ1n) is 9.92. The van der Waals surface area contributed by atoms with Crippen LogP contribution in [0.15, 0.2) is 75.9 Å². The van der Waals surface area contributed by atoms with E-state index in [1.165, 1.54) is 0 Å². The highest BCUT2D eigenvalue weighted by Gasteiger charge is 2.15. The molecule has 1 heterocycles. The summed E-state index contributed by atoms with van der Waals surface area (Å²) in [4.78, 5) is 12.8. The predicted molar refractivity (Wildman–Crippen MR) is 119 cm³/mol. The van der Waals surface area contributed by atoms with E-state index in [9.17, 15) is 4.79 Å². The van der Waals surface area contributed by atoms with Gasteiger partial charge in [-0.3, -0.25) is 0 Å².